The van der Waals surface area contributed by atoms with Crippen molar-refractivity contribution in [2.45, 2.75) is 25.4 Å². The fourth-order valence-electron chi connectivity index (χ4n) is 2.22. The van der Waals surface area contributed by atoms with Gasteiger partial charge in [-0.2, -0.15) is 4.98 Å². The van der Waals surface area contributed by atoms with E-state index in [9.17, 15) is 9.59 Å². The third kappa shape index (κ3) is 6.09. The molecule has 2 rings (SSSR count). The number of hydrogen-bond acceptors (Lipinski definition) is 8. The summed E-state index contributed by atoms with van der Waals surface area (Å²) in [6.07, 6.45) is 1.05. The van der Waals surface area contributed by atoms with E-state index < -0.39 is 24.3 Å². The van der Waals surface area contributed by atoms with E-state index in [1.807, 2.05) is 14.1 Å². The number of aromatic nitrogens is 2. The number of carbonyl (C=O) groups is 1. The molecule has 0 spiro atoms. The number of aliphatic hydroxyl groups is 1. The summed E-state index contributed by atoms with van der Waals surface area (Å²) in [6, 6.07) is 1.46. The zero-order valence-corrected chi connectivity index (χ0v) is 14.4. The van der Waals surface area contributed by atoms with Gasteiger partial charge in [-0.15, -0.1) is 0 Å². The van der Waals surface area contributed by atoms with Crippen LogP contribution in [0.4, 0.5) is 10.6 Å². The van der Waals surface area contributed by atoms with Crippen molar-refractivity contribution in [1.29, 1.82) is 0 Å². The highest BCUT2D eigenvalue weighted by atomic mass is 16.7. The van der Waals surface area contributed by atoms with Gasteiger partial charge in [-0.1, -0.05) is 0 Å². The minimum absolute atomic E-state index is 0.0946. The van der Waals surface area contributed by atoms with Gasteiger partial charge in [0, 0.05) is 6.20 Å². The molecule has 10 heteroatoms. The number of nitrogens with one attached hydrogen (secondary N) is 1. The van der Waals surface area contributed by atoms with Crippen molar-refractivity contribution in [3.05, 3.63) is 22.7 Å². The van der Waals surface area contributed by atoms with Crippen LogP contribution in [0.15, 0.2) is 17.1 Å². The first-order valence-corrected chi connectivity index (χ1v) is 8.05. The van der Waals surface area contributed by atoms with Crippen molar-refractivity contribution in [2.75, 3.05) is 45.8 Å². The summed E-state index contributed by atoms with van der Waals surface area (Å²) >= 11 is 0. The van der Waals surface area contributed by atoms with Gasteiger partial charge in [0.15, 0.2) is 12.5 Å². The van der Waals surface area contributed by atoms with Crippen molar-refractivity contribution >= 4 is 11.9 Å². The van der Waals surface area contributed by atoms with Crippen LogP contribution in [0, 0.1) is 0 Å². The standard InChI is InChI=1S/C15H24N4O6/c1-18(2)6-3-4-8-23-15(22)17-11-5-7-19(14(21)16-11)12-10-24-13(9-20)25-12/h5,7,12-13,20H,3-4,6,8-10H2,1-2H3,(H,16,17,21,22). The van der Waals surface area contributed by atoms with E-state index in [-0.39, 0.29) is 19.0 Å². The molecule has 1 aromatic heterocycles. The van der Waals surface area contributed by atoms with Crippen LogP contribution >= 0.6 is 0 Å². The summed E-state index contributed by atoms with van der Waals surface area (Å²) < 4.78 is 16.7. The molecule has 2 N–H and O–H groups in total. The van der Waals surface area contributed by atoms with Gasteiger partial charge in [0.05, 0.1) is 19.8 Å². The quantitative estimate of drug-likeness (QED) is 0.625. The molecular formula is C15H24N4O6. The topological polar surface area (TPSA) is 115 Å². The summed E-state index contributed by atoms with van der Waals surface area (Å²) in [5.41, 5.74) is -0.601. The average Bonchev–Trinajstić information content (AvgIpc) is 3.03. The molecule has 0 saturated carbocycles. The summed E-state index contributed by atoms with van der Waals surface area (Å²) in [4.78, 5) is 29.5. The lowest BCUT2D eigenvalue weighted by molar-refractivity contribution is -0.0992. The van der Waals surface area contributed by atoms with E-state index in [1.165, 1.54) is 16.8 Å². The highest BCUT2D eigenvalue weighted by Crippen LogP contribution is 2.19. The zero-order chi connectivity index (χ0) is 18.2. The number of hydrogen-bond donors (Lipinski definition) is 2. The Morgan fingerprint density at radius 2 is 2.32 bits per heavy atom. The molecule has 10 nitrogen and oxygen atoms in total. The van der Waals surface area contributed by atoms with E-state index in [2.05, 4.69) is 15.2 Å². The van der Waals surface area contributed by atoms with E-state index in [1.54, 1.807) is 0 Å². The maximum Gasteiger partial charge on any atom is 0.412 e. The van der Waals surface area contributed by atoms with Gasteiger partial charge in [0.1, 0.15) is 5.82 Å². The molecule has 0 radical (unpaired) electrons. The summed E-state index contributed by atoms with van der Waals surface area (Å²) in [7, 11) is 3.96. The summed E-state index contributed by atoms with van der Waals surface area (Å²) in [5.74, 6) is 0.0946. The number of ether oxygens (including phenoxy) is 3. The molecule has 140 valence electrons. The maximum absolute atomic E-state index is 12.0. The van der Waals surface area contributed by atoms with Gasteiger partial charge < -0.3 is 24.2 Å². The van der Waals surface area contributed by atoms with Crippen LogP contribution in [-0.4, -0.2) is 72.4 Å². The van der Waals surface area contributed by atoms with E-state index >= 15 is 0 Å². The predicted molar refractivity (Wildman–Crippen MR) is 88.2 cm³/mol. The number of unbranched alkanes of at least 4 members (excludes halogenated alkanes) is 1. The predicted octanol–water partition coefficient (Wildman–Crippen LogP) is -0.00260. The Hall–Kier alpha value is -2.01. The summed E-state index contributed by atoms with van der Waals surface area (Å²) in [5, 5.41) is 11.4. The van der Waals surface area contributed by atoms with Crippen LogP contribution < -0.4 is 11.0 Å². The van der Waals surface area contributed by atoms with Crippen molar-refractivity contribution in [3.8, 4) is 0 Å². The third-order valence-electron chi connectivity index (χ3n) is 3.49. The van der Waals surface area contributed by atoms with Crippen LogP contribution in [-0.2, 0) is 14.2 Å². The lowest BCUT2D eigenvalue weighted by Gasteiger charge is -2.13. The Morgan fingerprint density at radius 3 is 2.96 bits per heavy atom. The van der Waals surface area contributed by atoms with Gasteiger partial charge in [0.2, 0.25) is 0 Å². The normalized spacial score (nSPS) is 20.0. The number of carbonyl (C=O) groups excluding carboxylic acids is 1. The fraction of sp³-hybridized carbons (Fsp3) is 0.667. The van der Waals surface area contributed by atoms with Crippen molar-refractivity contribution < 1.29 is 24.1 Å². The Kier molecular flexibility index (Phi) is 7.31. The van der Waals surface area contributed by atoms with Gasteiger partial charge >= 0.3 is 11.8 Å². The molecule has 2 atom stereocenters. The number of aliphatic hydroxyl groups excluding tert-OH is 1. The number of amides is 1. The smallest absolute Gasteiger partial charge is 0.412 e. The highest BCUT2D eigenvalue weighted by molar-refractivity contribution is 5.83. The van der Waals surface area contributed by atoms with E-state index in [4.69, 9.17) is 19.3 Å². The molecule has 0 bridgehead atoms. The second-order valence-electron chi connectivity index (χ2n) is 5.81. The third-order valence-corrected chi connectivity index (χ3v) is 3.49. The number of rotatable bonds is 8. The SMILES string of the molecule is CN(C)CCCCOC(=O)Nc1ccn(C2COC(CO)O2)c(=O)n1. The van der Waals surface area contributed by atoms with Crippen LogP contribution in [0.2, 0.25) is 0 Å². The van der Waals surface area contributed by atoms with E-state index in [0.29, 0.717) is 6.61 Å². The molecule has 1 saturated heterocycles. The molecule has 25 heavy (non-hydrogen) atoms. The van der Waals surface area contributed by atoms with Crippen molar-refractivity contribution in [3.63, 3.8) is 0 Å². The molecule has 1 aliphatic rings. The first-order valence-electron chi connectivity index (χ1n) is 8.05. The summed E-state index contributed by atoms with van der Waals surface area (Å²) in [6.45, 7) is 1.06. The Balaban J connectivity index is 1.80. The molecule has 2 heterocycles. The Bertz CT molecular complexity index is 620. The molecule has 1 fully saturated rings. The average molecular weight is 356 g/mol. The minimum Gasteiger partial charge on any atom is -0.449 e. The van der Waals surface area contributed by atoms with Crippen LogP contribution in [0.1, 0.15) is 19.1 Å². The monoisotopic (exact) mass is 356 g/mol. The second-order valence-corrected chi connectivity index (χ2v) is 5.81. The highest BCUT2D eigenvalue weighted by Gasteiger charge is 2.27. The van der Waals surface area contributed by atoms with Crippen molar-refractivity contribution in [1.82, 2.24) is 14.5 Å². The first-order chi connectivity index (χ1) is 12.0. The number of nitrogens with zero attached hydrogens (tertiary/aromatic N) is 3. The Labute approximate surface area is 145 Å². The van der Waals surface area contributed by atoms with Gasteiger partial charge in [-0.3, -0.25) is 9.88 Å². The lowest BCUT2D eigenvalue weighted by Crippen LogP contribution is -2.29. The maximum atomic E-state index is 12.0. The molecular weight excluding hydrogens is 332 g/mol. The Morgan fingerprint density at radius 1 is 1.52 bits per heavy atom. The van der Waals surface area contributed by atoms with Gasteiger partial charge in [-0.05, 0) is 39.5 Å². The minimum atomic E-state index is -0.753. The van der Waals surface area contributed by atoms with Crippen LogP contribution in [0.25, 0.3) is 0 Å². The first kappa shape index (κ1) is 19.3. The molecule has 1 aromatic rings. The van der Waals surface area contributed by atoms with E-state index in [0.717, 1.165) is 19.4 Å². The molecule has 1 aliphatic heterocycles. The van der Waals surface area contributed by atoms with Crippen LogP contribution in [0.3, 0.4) is 0 Å². The number of anilines is 1. The largest absolute Gasteiger partial charge is 0.449 e. The van der Waals surface area contributed by atoms with Crippen molar-refractivity contribution in [2.24, 2.45) is 0 Å². The van der Waals surface area contributed by atoms with Gasteiger partial charge in [0.25, 0.3) is 0 Å². The fourth-order valence-corrected chi connectivity index (χ4v) is 2.22. The molecule has 1 amide bonds. The van der Waals surface area contributed by atoms with Gasteiger partial charge in [-0.25, -0.2) is 9.59 Å². The molecule has 0 aliphatic carbocycles. The zero-order valence-electron chi connectivity index (χ0n) is 14.4. The molecule has 0 aromatic carbocycles. The lowest BCUT2D eigenvalue weighted by atomic mass is 10.3. The van der Waals surface area contributed by atoms with Crippen LogP contribution in [0.5, 0.6) is 0 Å². The second kappa shape index (κ2) is 9.47. The molecule has 2 unspecified atom stereocenters.